The number of hydrogen-bond acceptors (Lipinski definition) is 14. The molecule has 0 bridgehead atoms. The van der Waals surface area contributed by atoms with Crippen molar-refractivity contribution in [2.75, 3.05) is 23.0 Å². The first kappa shape index (κ1) is 30.2. The molecule has 41 heavy (non-hydrogen) atoms. The molecule has 222 valence electrons. The van der Waals surface area contributed by atoms with Crippen molar-refractivity contribution in [1.29, 1.82) is 0 Å². The third-order valence-electron chi connectivity index (χ3n) is 7.32. The summed E-state index contributed by atoms with van der Waals surface area (Å²) < 4.78 is 10.9. The fraction of sp³-hybridized carbons (Fsp3) is 0.640. The minimum atomic E-state index is -1.45. The summed E-state index contributed by atoms with van der Waals surface area (Å²) in [7, 11) is 0. The molecule has 1 saturated carbocycles. The summed E-state index contributed by atoms with van der Waals surface area (Å²) in [5.41, 5.74) is 6.62. The van der Waals surface area contributed by atoms with E-state index in [1.54, 1.807) is 23.5 Å². The van der Waals surface area contributed by atoms with Crippen molar-refractivity contribution < 1.29 is 28.7 Å². The first-order chi connectivity index (χ1) is 19.8. The molecule has 2 saturated heterocycles. The van der Waals surface area contributed by atoms with Crippen molar-refractivity contribution in [3.05, 3.63) is 27.3 Å². The average Bonchev–Trinajstić information content (AvgIpc) is 3.64. The summed E-state index contributed by atoms with van der Waals surface area (Å²) in [6.07, 6.45) is 4.54. The molecular formula is C25H31N5O7S4. The van der Waals surface area contributed by atoms with Gasteiger partial charge in [-0.2, -0.15) is 0 Å². The van der Waals surface area contributed by atoms with Gasteiger partial charge in [0.15, 0.2) is 5.13 Å². The van der Waals surface area contributed by atoms with Crippen molar-refractivity contribution in [2.45, 2.75) is 73.8 Å². The number of aromatic nitrogens is 1. The van der Waals surface area contributed by atoms with Crippen LogP contribution in [0, 0.1) is 10.8 Å². The van der Waals surface area contributed by atoms with E-state index in [9.17, 15) is 24.1 Å². The van der Waals surface area contributed by atoms with E-state index < -0.39 is 47.5 Å². The molecule has 4 heterocycles. The van der Waals surface area contributed by atoms with Crippen LogP contribution in [-0.4, -0.2) is 73.2 Å². The van der Waals surface area contributed by atoms with Gasteiger partial charge in [0, 0.05) is 36.0 Å². The van der Waals surface area contributed by atoms with E-state index in [2.05, 4.69) is 15.5 Å². The molecule has 16 heteroatoms. The Hall–Kier alpha value is -2.30. The number of nitrogens with one attached hydrogen (secondary N) is 1. The van der Waals surface area contributed by atoms with Crippen molar-refractivity contribution in [2.24, 2.45) is 11.1 Å². The molecule has 4 atom stereocenters. The Balaban J connectivity index is 1.26. The molecule has 3 fully saturated rings. The monoisotopic (exact) mass is 641 g/mol. The lowest BCUT2D eigenvalue weighted by Gasteiger charge is -2.50. The number of thioether (sulfide) groups is 3. The van der Waals surface area contributed by atoms with Crippen LogP contribution in [0.1, 0.15) is 57.2 Å². The number of carbonyl (C=O) groups is 4. The summed E-state index contributed by atoms with van der Waals surface area (Å²) in [5.74, 6) is 0.128. The van der Waals surface area contributed by atoms with Gasteiger partial charge in [0.05, 0.1) is 10.3 Å². The normalized spacial score (nSPS) is 24.7. The van der Waals surface area contributed by atoms with E-state index in [4.69, 9.17) is 15.2 Å². The van der Waals surface area contributed by atoms with Crippen LogP contribution in [-0.2, 0) is 28.7 Å². The molecular weight excluding hydrogens is 611 g/mol. The number of thiazole rings is 1. The highest BCUT2D eigenvalue weighted by atomic mass is 32.2. The first-order valence-corrected chi connectivity index (χ1v) is 17.4. The van der Waals surface area contributed by atoms with E-state index in [1.165, 1.54) is 35.4 Å². The van der Waals surface area contributed by atoms with E-state index in [-0.39, 0.29) is 27.0 Å². The van der Waals surface area contributed by atoms with Crippen molar-refractivity contribution in [1.82, 2.24) is 15.2 Å². The Bertz CT molecular complexity index is 1230. The zero-order valence-corrected chi connectivity index (χ0v) is 25.6. The van der Waals surface area contributed by atoms with Gasteiger partial charge < -0.3 is 20.5 Å². The molecule has 3 unspecified atom stereocenters. The van der Waals surface area contributed by atoms with Crippen LogP contribution < -0.4 is 11.1 Å². The number of β-lactam (4-membered cyclic amide) rings is 1. The number of ether oxygens (including phenoxy) is 2. The third kappa shape index (κ3) is 6.70. The molecule has 1 aromatic heterocycles. The number of amides is 2. The SMILES string of the molecule is CC(OC(=O)CC1CCCCC1)OC(=O)C1=C(C2SCCS2)CS[C@H]2C(NC(=O)C(N=O)c3csc(N)n3)C(=O)N12. The standard InChI is InChI=1S/C25H31N5O7S4/c1-12(36-16(31)9-13-5-3-2-4-6-13)37-23(34)19-14(24-38-7-8-39-24)10-40-22-18(21(33)30(19)22)28-20(32)17(29-35)15-11-41-25(26)27-15/h11-13,17-18,22,24H,2-10H2,1H3,(H2,26,27)(H,28,32)/t12?,17?,18?,22-/m0/s1. The summed E-state index contributed by atoms with van der Waals surface area (Å²) in [5, 5.41) is 6.55. The van der Waals surface area contributed by atoms with Gasteiger partial charge >= 0.3 is 11.9 Å². The molecule has 2 amide bonds. The number of nitroso groups, excluding NO2 is 1. The topological polar surface area (TPSA) is 170 Å². The van der Waals surface area contributed by atoms with Gasteiger partial charge in [-0.25, -0.2) is 9.78 Å². The van der Waals surface area contributed by atoms with E-state index in [1.807, 2.05) is 0 Å². The fourth-order valence-electron chi connectivity index (χ4n) is 5.36. The first-order valence-electron chi connectivity index (χ1n) is 13.4. The number of esters is 2. The molecule has 5 rings (SSSR count). The van der Waals surface area contributed by atoms with E-state index in [0.29, 0.717) is 12.2 Å². The third-order valence-corrected chi connectivity index (χ3v) is 12.4. The number of anilines is 1. The Morgan fingerprint density at radius 2 is 1.90 bits per heavy atom. The van der Waals surface area contributed by atoms with Gasteiger partial charge in [0.25, 0.3) is 11.8 Å². The maximum Gasteiger partial charge on any atom is 0.358 e. The number of fused-ring (bicyclic) bond motifs is 1. The minimum absolute atomic E-state index is 0.0182. The van der Waals surface area contributed by atoms with Gasteiger partial charge in [0.2, 0.25) is 12.3 Å². The second-order valence-corrected chi connectivity index (χ2v) is 14.9. The predicted molar refractivity (Wildman–Crippen MR) is 159 cm³/mol. The molecule has 0 spiro atoms. The van der Waals surface area contributed by atoms with E-state index in [0.717, 1.165) is 54.1 Å². The van der Waals surface area contributed by atoms with Crippen LogP contribution in [0.3, 0.4) is 0 Å². The van der Waals surface area contributed by atoms with Crippen molar-refractivity contribution >= 4 is 75.5 Å². The summed E-state index contributed by atoms with van der Waals surface area (Å²) in [6, 6.07) is -2.42. The number of nitrogens with zero attached hydrogens (tertiary/aromatic N) is 3. The van der Waals surface area contributed by atoms with Crippen LogP contribution >= 0.6 is 46.6 Å². The minimum Gasteiger partial charge on any atom is -0.425 e. The van der Waals surface area contributed by atoms with Gasteiger partial charge in [-0.1, -0.05) is 19.3 Å². The summed E-state index contributed by atoms with van der Waals surface area (Å²) in [4.78, 5) is 68.9. The van der Waals surface area contributed by atoms with Gasteiger partial charge in [0.1, 0.15) is 17.1 Å². The second kappa shape index (κ2) is 13.3. The Labute approximate surface area is 253 Å². The quantitative estimate of drug-likeness (QED) is 0.165. The average molecular weight is 642 g/mol. The largest absolute Gasteiger partial charge is 0.425 e. The molecule has 3 N–H and O–H groups in total. The fourth-order valence-corrected chi connectivity index (χ4v) is 10.5. The van der Waals surface area contributed by atoms with Crippen molar-refractivity contribution in [3.63, 3.8) is 0 Å². The second-order valence-electron chi connectivity index (χ2n) is 10.1. The summed E-state index contributed by atoms with van der Waals surface area (Å²) >= 11 is 5.88. The molecule has 4 aliphatic rings. The van der Waals surface area contributed by atoms with Crippen LogP contribution in [0.25, 0.3) is 0 Å². The van der Waals surface area contributed by atoms with Gasteiger partial charge in [-0.15, -0.1) is 51.5 Å². The predicted octanol–water partition coefficient (Wildman–Crippen LogP) is 3.40. The number of carbonyl (C=O) groups excluding carboxylic acids is 4. The number of rotatable bonds is 10. The molecule has 1 aliphatic carbocycles. The zero-order valence-electron chi connectivity index (χ0n) is 22.3. The highest BCUT2D eigenvalue weighted by Crippen LogP contribution is 2.47. The maximum absolute atomic E-state index is 13.5. The lowest BCUT2D eigenvalue weighted by Crippen LogP contribution is -2.71. The van der Waals surface area contributed by atoms with Crippen LogP contribution in [0.5, 0.6) is 0 Å². The molecule has 3 aliphatic heterocycles. The zero-order chi connectivity index (χ0) is 29.1. The van der Waals surface area contributed by atoms with Gasteiger partial charge in [-0.05, 0) is 29.5 Å². The summed E-state index contributed by atoms with van der Waals surface area (Å²) in [6.45, 7) is 1.49. The number of nitrogens with two attached hydrogens (primary N) is 1. The smallest absolute Gasteiger partial charge is 0.358 e. The van der Waals surface area contributed by atoms with Crippen LogP contribution in [0.4, 0.5) is 5.13 Å². The lowest BCUT2D eigenvalue weighted by molar-refractivity contribution is -0.185. The highest BCUT2D eigenvalue weighted by Gasteiger charge is 2.56. The Kier molecular flexibility index (Phi) is 9.81. The number of hydrogen-bond donors (Lipinski definition) is 2. The number of nitrogen functional groups attached to an aromatic ring is 1. The maximum atomic E-state index is 13.5. The molecule has 12 nitrogen and oxygen atoms in total. The molecule has 0 radical (unpaired) electrons. The molecule has 1 aromatic rings. The lowest BCUT2D eigenvalue weighted by atomic mass is 9.87. The van der Waals surface area contributed by atoms with E-state index >= 15 is 0 Å². The Morgan fingerprint density at radius 3 is 2.56 bits per heavy atom. The van der Waals surface area contributed by atoms with Crippen LogP contribution in [0.2, 0.25) is 0 Å². The highest BCUT2D eigenvalue weighted by molar-refractivity contribution is 8.20. The van der Waals surface area contributed by atoms with Gasteiger partial charge in [-0.3, -0.25) is 19.3 Å². The Morgan fingerprint density at radius 1 is 1.17 bits per heavy atom. The van der Waals surface area contributed by atoms with Crippen molar-refractivity contribution in [3.8, 4) is 0 Å². The molecule has 0 aromatic carbocycles. The van der Waals surface area contributed by atoms with Crippen LogP contribution in [0.15, 0.2) is 21.8 Å².